The van der Waals surface area contributed by atoms with Crippen LogP contribution in [0.2, 0.25) is 5.02 Å². The Labute approximate surface area is 122 Å². The maximum atomic E-state index is 13.2. The number of anilines is 1. The van der Waals surface area contributed by atoms with Gasteiger partial charge < -0.3 is 10.4 Å². The molecule has 0 saturated carbocycles. The van der Waals surface area contributed by atoms with Crippen molar-refractivity contribution in [3.8, 4) is 5.75 Å². The largest absolute Gasteiger partial charge is 0.503 e. The fourth-order valence-corrected chi connectivity index (χ4v) is 1.89. The van der Waals surface area contributed by atoms with Crippen molar-refractivity contribution < 1.29 is 18.8 Å². The van der Waals surface area contributed by atoms with E-state index in [1.54, 1.807) is 0 Å². The number of nitro groups is 1. The van der Waals surface area contributed by atoms with Crippen LogP contribution in [0.5, 0.6) is 5.75 Å². The molecule has 21 heavy (non-hydrogen) atoms. The van der Waals surface area contributed by atoms with Gasteiger partial charge in [-0.1, -0.05) is 11.6 Å². The second-order valence-electron chi connectivity index (χ2n) is 4.18. The molecule has 2 aromatic rings. The molecule has 0 radical (unpaired) electrons. The zero-order valence-corrected chi connectivity index (χ0v) is 11.2. The molecule has 110 valence electrons. The molecule has 0 aliphatic heterocycles. The first kappa shape index (κ1) is 15.0. The minimum Gasteiger partial charge on any atom is -0.503 e. The Morgan fingerprint density at radius 3 is 2.43 bits per heavy atom. The number of nitrogens with zero attached hydrogens (tertiary/aromatic N) is 1. The molecule has 0 fully saturated rings. The smallest absolute Gasteiger partial charge is 0.293 e. The number of phenolic OH excluding ortho intramolecular Hbond substituents is 1. The summed E-state index contributed by atoms with van der Waals surface area (Å²) in [6.45, 7) is -0.0589. The molecule has 5 nitrogen and oxygen atoms in total. The van der Waals surface area contributed by atoms with Crippen LogP contribution in [0.3, 0.4) is 0 Å². The summed E-state index contributed by atoms with van der Waals surface area (Å²) in [5.41, 5.74) is 0.104. The second-order valence-corrected chi connectivity index (χ2v) is 4.62. The van der Waals surface area contributed by atoms with E-state index in [1.807, 2.05) is 0 Å². The molecule has 0 aliphatic carbocycles. The Bertz CT molecular complexity index is 687. The summed E-state index contributed by atoms with van der Waals surface area (Å²) in [5.74, 6) is -3.26. The molecule has 0 atom stereocenters. The number of halogens is 3. The Kier molecular flexibility index (Phi) is 4.23. The lowest BCUT2D eigenvalue weighted by Gasteiger charge is -2.08. The summed E-state index contributed by atoms with van der Waals surface area (Å²) < 4.78 is 26.4. The topological polar surface area (TPSA) is 75.4 Å². The van der Waals surface area contributed by atoms with Crippen LogP contribution in [0, 0.1) is 21.7 Å². The molecule has 0 spiro atoms. The van der Waals surface area contributed by atoms with E-state index in [9.17, 15) is 18.9 Å². The van der Waals surface area contributed by atoms with Crippen molar-refractivity contribution in [3.05, 3.63) is 62.7 Å². The summed E-state index contributed by atoms with van der Waals surface area (Å²) in [6, 6.07) is 5.89. The number of hydrogen-bond donors (Lipinski definition) is 2. The van der Waals surface area contributed by atoms with Crippen molar-refractivity contribution in [1.82, 2.24) is 0 Å². The van der Waals surface area contributed by atoms with Crippen LogP contribution in [0.25, 0.3) is 0 Å². The summed E-state index contributed by atoms with van der Waals surface area (Å²) >= 11 is 5.68. The Morgan fingerprint density at radius 2 is 1.86 bits per heavy atom. The van der Waals surface area contributed by atoms with E-state index in [2.05, 4.69) is 5.32 Å². The second kappa shape index (κ2) is 5.92. The van der Waals surface area contributed by atoms with Gasteiger partial charge in [-0.15, -0.1) is 0 Å². The van der Waals surface area contributed by atoms with Crippen molar-refractivity contribution in [2.24, 2.45) is 0 Å². The summed E-state index contributed by atoms with van der Waals surface area (Å²) in [4.78, 5) is 10.3. The third-order valence-electron chi connectivity index (χ3n) is 2.72. The lowest BCUT2D eigenvalue weighted by molar-refractivity contribution is -0.383. The van der Waals surface area contributed by atoms with E-state index in [-0.39, 0.29) is 28.5 Å². The third-order valence-corrected chi connectivity index (χ3v) is 2.95. The van der Waals surface area contributed by atoms with Crippen LogP contribution in [0.1, 0.15) is 5.56 Å². The monoisotopic (exact) mass is 314 g/mol. The first-order valence-corrected chi connectivity index (χ1v) is 6.11. The maximum absolute atomic E-state index is 13.2. The van der Waals surface area contributed by atoms with Gasteiger partial charge in [0.05, 0.1) is 4.92 Å². The van der Waals surface area contributed by atoms with Crippen LogP contribution in [-0.2, 0) is 6.54 Å². The summed E-state index contributed by atoms with van der Waals surface area (Å²) in [7, 11) is 0. The minimum atomic E-state index is -1.10. The van der Waals surface area contributed by atoms with E-state index in [4.69, 9.17) is 16.7 Å². The molecule has 8 heteroatoms. The van der Waals surface area contributed by atoms with Gasteiger partial charge in [0.25, 0.3) is 5.69 Å². The van der Waals surface area contributed by atoms with E-state index in [0.29, 0.717) is 0 Å². The van der Waals surface area contributed by atoms with E-state index < -0.39 is 22.3 Å². The predicted octanol–water partition coefficient (Wildman–Crippen LogP) is 3.84. The average Bonchev–Trinajstić information content (AvgIpc) is 2.43. The van der Waals surface area contributed by atoms with Gasteiger partial charge in [-0.2, -0.15) is 0 Å². The number of hydrogen-bond acceptors (Lipinski definition) is 4. The highest BCUT2D eigenvalue weighted by molar-refractivity contribution is 6.30. The van der Waals surface area contributed by atoms with Gasteiger partial charge in [0.15, 0.2) is 17.4 Å². The van der Waals surface area contributed by atoms with Crippen LogP contribution < -0.4 is 5.32 Å². The van der Waals surface area contributed by atoms with Crippen molar-refractivity contribution in [1.29, 1.82) is 0 Å². The van der Waals surface area contributed by atoms with Gasteiger partial charge in [0.2, 0.25) is 0 Å². The van der Waals surface area contributed by atoms with Crippen LogP contribution in [0.4, 0.5) is 20.2 Å². The predicted molar refractivity (Wildman–Crippen MR) is 73.5 cm³/mol. The fourth-order valence-electron chi connectivity index (χ4n) is 1.72. The molecule has 0 saturated heterocycles. The minimum absolute atomic E-state index is 0.0589. The Hall–Kier alpha value is -2.41. The molecule has 0 unspecified atom stereocenters. The zero-order valence-electron chi connectivity index (χ0n) is 10.4. The van der Waals surface area contributed by atoms with Crippen molar-refractivity contribution in [2.75, 3.05) is 5.32 Å². The zero-order chi connectivity index (χ0) is 15.6. The van der Waals surface area contributed by atoms with Gasteiger partial charge >= 0.3 is 0 Å². The molecular formula is C13H9ClF2N2O3. The maximum Gasteiger partial charge on any atom is 0.293 e. The normalized spacial score (nSPS) is 10.4. The summed E-state index contributed by atoms with van der Waals surface area (Å²) in [6.07, 6.45) is 0. The molecular weight excluding hydrogens is 306 g/mol. The molecule has 2 rings (SSSR count). The number of nitrogens with one attached hydrogen (secondary N) is 1. The van der Waals surface area contributed by atoms with Gasteiger partial charge in [-0.3, -0.25) is 10.1 Å². The fraction of sp³-hybridized carbons (Fsp3) is 0.0769. The first-order chi connectivity index (χ1) is 9.88. The molecule has 2 N–H and O–H groups in total. The molecule has 0 amide bonds. The lowest BCUT2D eigenvalue weighted by Crippen LogP contribution is -2.03. The van der Waals surface area contributed by atoms with Crippen molar-refractivity contribution >= 4 is 23.0 Å². The highest BCUT2D eigenvalue weighted by atomic mass is 35.5. The molecule has 2 aromatic carbocycles. The van der Waals surface area contributed by atoms with Gasteiger partial charge in [-0.25, -0.2) is 8.78 Å². The average molecular weight is 315 g/mol. The SMILES string of the molecule is O=[N+]([O-])c1cc(Cl)ccc1NCc1cc(F)c(O)c(F)c1. The van der Waals surface area contributed by atoms with Gasteiger partial charge in [0.1, 0.15) is 5.69 Å². The Morgan fingerprint density at radius 1 is 1.24 bits per heavy atom. The number of benzene rings is 2. The molecule has 0 aliphatic rings. The first-order valence-electron chi connectivity index (χ1n) is 5.73. The quantitative estimate of drug-likeness (QED) is 0.664. The Balaban J connectivity index is 2.22. The van der Waals surface area contributed by atoms with Crippen molar-refractivity contribution in [3.63, 3.8) is 0 Å². The summed E-state index contributed by atoms with van der Waals surface area (Å²) in [5, 5.41) is 22.8. The highest BCUT2D eigenvalue weighted by Gasteiger charge is 2.15. The van der Waals surface area contributed by atoms with E-state index in [0.717, 1.165) is 12.1 Å². The molecule has 0 aromatic heterocycles. The van der Waals surface area contributed by atoms with E-state index >= 15 is 0 Å². The van der Waals surface area contributed by atoms with Crippen LogP contribution >= 0.6 is 11.6 Å². The number of phenols is 1. The lowest BCUT2D eigenvalue weighted by atomic mass is 10.2. The van der Waals surface area contributed by atoms with E-state index in [1.165, 1.54) is 18.2 Å². The number of rotatable bonds is 4. The standard InChI is InChI=1S/C13H9ClF2N2O3/c14-8-1-2-11(12(5-8)18(20)21)17-6-7-3-9(15)13(19)10(16)4-7/h1-5,17,19H,6H2. The van der Waals surface area contributed by atoms with Gasteiger partial charge in [0, 0.05) is 17.6 Å². The third kappa shape index (κ3) is 3.38. The van der Waals surface area contributed by atoms with Crippen LogP contribution in [0.15, 0.2) is 30.3 Å². The molecule has 0 bridgehead atoms. The number of nitro benzene ring substituents is 1. The van der Waals surface area contributed by atoms with Crippen molar-refractivity contribution in [2.45, 2.75) is 6.54 Å². The van der Waals surface area contributed by atoms with Gasteiger partial charge in [-0.05, 0) is 29.8 Å². The van der Waals surface area contributed by atoms with Crippen LogP contribution in [-0.4, -0.2) is 10.0 Å². The molecule has 0 heterocycles. The number of aromatic hydroxyl groups is 1. The highest BCUT2D eigenvalue weighted by Crippen LogP contribution is 2.28.